The molecule has 8 heteroatoms. The summed E-state index contributed by atoms with van der Waals surface area (Å²) >= 11 is 0. The van der Waals surface area contributed by atoms with Gasteiger partial charge in [-0.05, 0) is 25.7 Å². The summed E-state index contributed by atoms with van der Waals surface area (Å²) in [7, 11) is 0. The molecule has 0 radical (unpaired) electrons. The zero-order valence-electron chi connectivity index (χ0n) is 32.4. The van der Waals surface area contributed by atoms with Crippen molar-refractivity contribution in [1.82, 2.24) is 0 Å². The van der Waals surface area contributed by atoms with Crippen LogP contribution in [0.5, 0.6) is 23.0 Å². The Kier molecular flexibility index (Phi) is 14.4. The molecule has 1 aliphatic rings. The molecule has 52 heavy (non-hydrogen) atoms. The Labute approximate surface area is 311 Å². The summed E-state index contributed by atoms with van der Waals surface area (Å²) in [6.07, 6.45) is 10.7. The van der Waals surface area contributed by atoms with Crippen LogP contribution in [0.25, 0.3) is 0 Å². The highest BCUT2D eigenvalue weighted by molar-refractivity contribution is 5.62. The quantitative estimate of drug-likeness (QED) is 0.0857. The summed E-state index contributed by atoms with van der Waals surface area (Å²) in [6, 6.07) is 17.4. The predicted octanol–water partition coefficient (Wildman–Crippen LogP) is 6.57. The summed E-state index contributed by atoms with van der Waals surface area (Å²) < 4.78 is 26.9. The van der Waals surface area contributed by atoms with Gasteiger partial charge in [-0.15, -0.1) is 0 Å². The van der Waals surface area contributed by atoms with Crippen LogP contribution < -0.4 is 41.9 Å². The van der Waals surface area contributed by atoms with E-state index in [4.69, 9.17) is 18.9 Å². The number of fused-ring (bicyclic) bond motifs is 8. The molecule has 4 aromatic rings. The first kappa shape index (κ1) is 39.1. The fraction of sp³-hybridized carbons (Fsp3) is 0.455. The molecular formula is C44H64N4O4+4. The molecular weight excluding hydrogens is 649 g/mol. The van der Waals surface area contributed by atoms with Gasteiger partial charge in [0, 0.05) is 119 Å². The summed E-state index contributed by atoms with van der Waals surface area (Å²) in [4.78, 5) is 0. The summed E-state index contributed by atoms with van der Waals surface area (Å²) in [5, 5.41) is 0. The molecule has 5 rings (SSSR count). The van der Waals surface area contributed by atoms with E-state index in [-0.39, 0.29) is 0 Å². The van der Waals surface area contributed by atoms with Crippen LogP contribution in [-0.2, 0) is 25.7 Å². The van der Waals surface area contributed by atoms with E-state index >= 15 is 0 Å². The molecule has 4 aromatic carbocycles. The number of ether oxygens (including phenoxy) is 4. The average Bonchev–Trinajstić information content (AvgIpc) is 3.09. The van der Waals surface area contributed by atoms with Gasteiger partial charge >= 0.3 is 0 Å². The molecule has 0 fully saturated rings. The van der Waals surface area contributed by atoms with Gasteiger partial charge in [-0.3, -0.25) is 0 Å². The minimum atomic E-state index is 0.636. The molecule has 0 saturated carbocycles. The zero-order chi connectivity index (χ0) is 37.0. The maximum atomic E-state index is 6.74. The molecule has 1 aliphatic carbocycles. The SMILES string of the molecule is CCCCOc1c2cc([NH3+])cc1Cc1cc([NH3+])cc(c1OCCCC)Cc1cc([NH3+])cc(c1OCCCC)Cc1cc([NH3+])cc(c1OCCCC)C2. The van der Waals surface area contributed by atoms with E-state index in [2.05, 4.69) is 99.2 Å². The normalized spacial score (nSPS) is 12.5. The summed E-state index contributed by atoms with van der Waals surface area (Å²) in [5.41, 5.74) is 30.5. The first-order chi connectivity index (χ1) is 25.2. The standard InChI is InChI=1S/C44H60N4O4/c1-5-9-13-49-41-29-17-31-23-38(46)25-33(42(31)50-14-10-6-2)19-35-27-40(48)28-36(44(35)52-16-12-8-4)20-34-26-39(47)24-32(43(34)51-15-11-7-3)18-30(41)22-37(45)21-29/h21-28H,5-20,45-48H2,1-4H3/p+4. The van der Waals surface area contributed by atoms with Gasteiger partial charge in [0.1, 0.15) is 45.7 Å². The van der Waals surface area contributed by atoms with Crippen LogP contribution in [0.4, 0.5) is 22.7 Å². The highest BCUT2D eigenvalue weighted by Gasteiger charge is 2.25. The van der Waals surface area contributed by atoms with Crippen molar-refractivity contribution in [3.05, 3.63) is 93.0 Å². The molecule has 0 amide bonds. The molecule has 8 nitrogen and oxygen atoms in total. The van der Waals surface area contributed by atoms with E-state index in [1.165, 1.54) is 0 Å². The third-order valence-electron chi connectivity index (χ3n) is 9.71. The maximum absolute atomic E-state index is 6.74. The lowest BCUT2D eigenvalue weighted by Gasteiger charge is -2.23. The first-order valence-corrected chi connectivity index (χ1v) is 19.7. The van der Waals surface area contributed by atoms with Crippen LogP contribution >= 0.6 is 0 Å². The Morgan fingerprint density at radius 1 is 0.346 bits per heavy atom. The van der Waals surface area contributed by atoms with Gasteiger partial charge in [0.2, 0.25) is 0 Å². The van der Waals surface area contributed by atoms with E-state index in [0.29, 0.717) is 52.1 Å². The highest BCUT2D eigenvalue weighted by atomic mass is 16.5. The first-order valence-electron chi connectivity index (χ1n) is 19.7. The maximum Gasteiger partial charge on any atom is 0.128 e. The van der Waals surface area contributed by atoms with Gasteiger partial charge in [-0.25, -0.2) is 0 Å². The van der Waals surface area contributed by atoms with Crippen molar-refractivity contribution in [1.29, 1.82) is 0 Å². The number of hydrogen-bond donors (Lipinski definition) is 4. The second kappa shape index (κ2) is 19.1. The number of quaternary nitrogens is 4. The van der Waals surface area contributed by atoms with Crippen LogP contribution in [-0.4, -0.2) is 26.4 Å². The topological polar surface area (TPSA) is 147 Å². The number of hydrogen-bond acceptors (Lipinski definition) is 4. The number of rotatable bonds is 16. The minimum Gasteiger partial charge on any atom is -0.493 e. The lowest BCUT2D eigenvalue weighted by atomic mass is 9.90. The fourth-order valence-corrected chi connectivity index (χ4v) is 7.19. The van der Waals surface area contributed by atoms with Crippen molar-refractivity contribution >= 4 is 22.7 Å². The van der Waals surface area contributed by atoms with Crippen molar-refractivity contribution in [3.63, 3.8) is 0 Å². The Hall–Kier alpha value is -4.08. The zero-order valence-corrected chi connectivity index (χ0v) is 32.4. The summed E-state index contributed by atoms with van der Waals surface area (Å²) in [6.45, 7) is 11.4. The Bertz CT molecular complexity index is 1450. The van der Waals surface area contributed by atoms with Crippen molar-refractivity contribution in [2.75, 3.05) is 26.4 Å². The smallest absolute Gasteiger partial charge is 0.128 e. The van der Waals surface area contributed by atoms with Crippen LogP contribution in [0.15, 0.2) is 48.5 Å². The van der Waals surface area contributed by atoms with Crippen LogP contribution in [0.3, 0.4) is 0 Å². The molecule has 0 atom stereocenters. The van der Waals surface area contributed by atoms with Crippen molar-refractivity contribution in [2.45, 2.75) is 105 Å². The molecule has 280 valence electrons. The molecule has 12 N–H and O–H groups in total. The Balaban J connectivity index is 1.81. The Morgan fingerprint density at radius 3 is 0.673 bits per heavy atom. The van der Waals surface area contributed by atoms with Crippen molar-refractivity contribution < 1.29 is 41.9 Å². The van der Waals surface area contributed by atoms with Crippen LogP contribution in [0, 0.1) is 0 Å². The van der Waals surface area contributed by atoms with Gasteiger partial charge in [0.05, 0.1) is 26.4 Å². The van der Waals surface area contributed by atoms with E-state index in [1.807, 2.05) is 0 Å². The van der Waals surface area contributed by atoms with E-state index < -0.39 is 0 Å². The molecule has 0 spiro atoms. The summed E-state index contributed by atoms with van der Waals surface area (Å²) in [5.74, 6) is 3.71. The van der Waals surface area contributed by atoms with Crippen LogP contribution in [0.2, 0.25) is 0 Å². The van der Waals surface area contributed by atoms with Gasteiger partial charge in [0.15, 0.2) is 0 Å². The molecule has 0 aliphatic heterocycles. The monoisotopic (exact) mass is 712 g/mol. The molecule has 0 unspecified atom stereocenters. The molecule has 8 bridgehead atoms. The van der Waals surface area contributed by atoms with Gasteiger partial charge in [-0.1, -0.05) is 53.4 Å². The van der Waals surface area contributed by atoms with E-state index in [0.717, 1.165) is 142 Å². The van der Waals surface area contributed by atoms with Crippen molar-refractivity contribution in [2.24, 2.45) is 0 Å². The number of benzene rings is 4. The highest BCUT2D eigenvalue weighted by Crippen LogP contribution is 2.41. The van der Waals surface area contributed by atoms with Crippen molar-refractivity contribution in [3.8, 4) is 23.0 Å². The predicted molar refractivity (Wildman–Crippen MR) is 209 cm³/mol. The van der Waals surface area contributed by atoms with Gasteiger partial charge < -0.3 is 41.9 Å². The Morgan fingerprint density at radius 2 is 0.519 bits per heavy atom. The molecule has 0 saturated heterocycles. The largest absolute Gasteiger partial charge is 0.493 e. The fourth-order valence-electron chi connectivity index (χ4n) is 7.19. The van der Waals surface area contributed by atoms with Crippen LogP contribution in [0.1, 0.15) is 124 Å². The second-order valence-corrected chi connectivity index (χ2v) is 14.5. The van der Waals surface area contributed by atoms with E-state index in [9.17, 15) is 0 Å². The van der Waals surface area contributed by atoms with E-state index in [1.54, 1.807) is 0 Å². The lowest BCUT2D eigenvalue weighted by Crippen LogP contribution is -2.40. The second-order valence-electron chi connectivity index (χ2n) is 14.5. The molecule has 0 heterocycles. The minimum absolute atomic E-state index is 0.636. The average molecular weight is 713 g/mol. The van der Waals surface area contributed by atoms with Gasteiger partial charge in [0.25, 0.3) is 0 Å². The third-order valence-corrected chi connectivity index (χ3v) is 9.71. The lowest BCUT2D eigenvalue weighted by molar-refractivity contribution is -0.255. The third kappa shape index (κ3) is 10.1. The number of unbranched alkanes of at least 4 members (excludes halogenated alkanes) is 4. The van der Waals surface area contributed by atoms with Gasteiger partial charge in [-0.2, -0.15) is 0 Å². The molecule has 0 aromatic heterocycles.